The van der Waals surface area contributed by atoms with Crippen LogP contribution < -0.4 is 20.4 Å². The summed E-state index contributed by atoms with van der Waals surface area (Å²) < 4.78 is 4.94. The molecule has 1 heterocycles. The zero-order valence-electron chi connectivity index (χ0n) is 15.7. The molecule has 1 rings (SSSR count). The minimum atomic E-state index is -0.417. The van der Waals surface area contributed by atoms with E-state index in [1.165, 1.54) is 12.8 Å². The van der Waals surface area contributed by atoms with Crippen LogP contribution in [0.1, 0.15) is 68.2 Å². The molecule has 5 nitrogen and oxygen atoms in total. The molecule has 1 saturated heterocycles. The van der Waals surface area contributed by atoms with Crippen LogP contribution in [0.4, 0.5) is 0 Å². The van der Waals surface area contributed by atoms with Gasteiger partial charge in [0.1, 0.15) is 0 Å². The average Bonchev–Trinajstić information content (AvgIpc) is 2.68. The van der Waals surface area contributed by atoms with E-state index < -0.39 is 24.4 Å². The first-order chi connectivity index (χ1) is 9.43. The van der Waals surface area contributed by atoms with E-state index in [1.807, 2.05) is 0 Å². The second-order valence-electron chi connectivity index (χ2n) is 5.51. The van der Waals surface area contributed by atoms with Gasteiger partial charge in [-0.2, -0.15) is 0 Å². The van der Waals surface area contributed by atoms with Gasteiger partial charge in [-0.25, -0.2) is 0 Å². The number of hydrogen-bond acceptors (Lipinski definition) is 5. The van der Waals surface area contributed by atoms with Gasteiger partial charge in [-0.05, 0) is 12.8 Å². The molecular weight excluding hydrogens is 320 g/mol. The average molecular weight is 356 g/mol. The van der Waals surface area contributed by atoms with Crippen molar-refractivity contribution in [2.45, 2.75) is 92.6 Å². The first kappa shape index (κ1) is 34.0. The van der Waals surface area contributed by atoms with Gasteiger partial charge in [0, 0.05) is 13.2 Å². The van der Waals surface area contributed by atoms with Crippen molar-refractivity contribution in [1.82, 2.24) is 0 Å². The topological polar surface area (TPSA) is 101 Å². The van der Waals surface area contributed by atoms with Crippen molar-refractivity contribution < 1.29 is 46.9 Å². The van der Waals surface area contributed by atoms with Crippen LogP contribution in [-0.2, 0) is 26.5 Å². The second kappa shape index (κ2) is 29.5. The molecule has 22 heavy (non-hydrogen) atoms. The van der Waals surface area contributed by atoms with E-state index in [-0.39, 0.29) is 21.7 Å². The van der Waals surface area contributed by atoms with Gasteiger partial charge in [0.25, 0.3) is 0 Å². The largest absolute Gasteiger partial charge is 4.00 e. The number of ether oxygens (including phenoxy) is 1. The third kappa shape index (κ3) is 257. The minimum absolute atomic E-state index is 0. The van der Waals surface area contributed by atoms with Gasteiger partial charge in [-0.3, -0.25) is 0 Å². The fourth-order valence-corrected chi connectivity index (χ4v) is 0.510. The number of hydrogen-bond donors (Lipinski definition) is 0. The summed E-state index contributed by atoms with van der Waals surface area (Å²) in [6, 6.07) is 0. The van der Waals surface area contributed by atoms with Crippen molar-refractivity contribution in [3.8, 4) is 0 Å². The Bertz CT molecular complexity index is 107. The Balaban J connectivity index is -0.0000000544. The van der Waals surface area contributed by atoms with Gasteiger partial charge < -0.3 is 25.2 Å². The van der Waals surface area contributed by atoms with E-state index in [1.54, 1.807) is 55.4 Å². The van der Waals surface area contributed by atoms with E-state index >= 15 is 0 Å². The summed E-state index contributed by atoms with van der Waals surface area (Å²) in [6.45, 7) is 14.9. The second-order valence-corrected chi connectivity index (χ2v) is 5.51. The van der Waals surface area contributed by atoms with Crippen LogP contribution in [0.15, 0.2) is 0 Å². The van der Waals surface area contributed by atoms with E-state index in [9.17, 15) is 20.4 Å². The van der Waals surface area contributed by atoms with Gasteiger partial charge in [-0.15, -0.1) is 24.4 Å². The van der Waals surface area contributed by atoms with Gasteiger partial charge in [0.15, 0.2) is 0 Å². The Kier molecular flexibility index (Phi) is 45.6. The molecule has 0 atom stereocenters. The summed E-state index contributed by atoms with van der Waals surface area (Å²) in [5, 5.41) is 38.1. The summed E-state index contributed by atoms with van der Waals surface area (Å²) in [5.41, 5.74) is 0. The molecule has 0 aliphatic carbocycles. The smallest absolute Gasteiger partial charge is 0.852 e. The van der Waals surface area contributed by atoms with Crippen LogP contribution >= 0.6 is 0 Å². The van der Waals surface area contributed by atoms with E-state index in [0.29, 0.717) is 0 Å². The summed E-state index contributed by atoms with van der Waals surface area (Å²) in [7, 11) is 0. The van der Waals surface area contributed by atoms with Crippen LogP contribution in [0, 0.1) is 0 Å². The van der Waals surface area contributed by atoms with Crippen molar-refractivity contribution in [2.24, 2.45) is 0 Å². The molecule has 0 aromatic heterocycles. The maximum Gasteiger partial charge on any atom is 4.00 e. The van der Waals surface area contributed by atoms with Crippen LogP contribution in [-0.4, -0.2) is 37.6 Å². The van der Waals surface area contributed by atoms with Crippen molar-refractivity contribution in [2.75, 3.05) is 13.2 Å². The molecule has 0 amide bonds. The maximum atomic E-state index is 9.53. The standard InChI is InChI=1S/C4H8O.4C3H7O.Ti/c1-2-4-5-3-1;4*1-3(2)4;/h1-4H2;4*3H,1-2H3;/q;4*-1;+4. The molecular formula is C16H36O5Ti. The molecule has 0 aromatic rings. The van der Waals surface area contributed by atoms with Crippen LogP contribution in [0.2, 0.25) is 0 Å². The van der Waals surface area contributed by atoms with Crippen molar-refractivity contribution in [1.29, 1.82) is 0 Å². The van der Waals surface area contributed by atoms with Crippen molar-refractivity contribution >= 4 is 0 Å². The molecule has 0 aromatic carbocycles. The van der Waals surface area contributed by atoms with Gasteiger partial charge in [0.05, 0.1) is 0 Å². The van der Waals surface area contributed by atoms with Crippen LogP contribution in [0.5, 0.6) is 0 Å². The SMILES string of the molecule is C1CCOC1.CC(C)[O-].CC(C)[O-].CC(C)[O-].CC(C)[O-].[Ti+4]. The van der Waals surface area contributed by atoms with Gasteiger partial charge >= 0.3 is 21.7 Å². The minimum Gasteiger partial charge on any atom is -0.852 e. The third-order valence-corrected chi connectivity index (χ3v) is 0.827. The first-order valence-electron chi connectivity index (χ1n) is 7.64. The zero-order valence-corrected chi connectivity index (χ0v) is 17.2. The van der Waals surface area contributed by atoms with Gasteiger partial charge in [-0.1, -0.05) is 55.4 Å². The Hall–Kier alpha value is 0.514. The first-order valence-corrected chi connectivity index (χ1v) is 7.64. The molecule has 0 unspecified atom stereocenters. The van der Waals surface area contributed by atoms with E-state index in [4.69, 9.17) is 4.74 Å². The van der Waals surface area contributed by atoms with Crippen LogP contribution in [0.3, 0.4) is 0 Å². The third-order valence-electron chi connectivity index (χ3n) is 0.827. The summed E-state index contributed by atoms with van der Waals surface area (Å²) in [6.07, 6.45) is 0.889. The summed E-state index contributed by atoms with van der Waals surface area (Å²) in [4.78, 5) is 0. The predicted octanol–water partition coefficient (Wildman–Crippen LogP) is -0.185. The Labute approximate surface area is 153 Å². The van der Waals surface area contributed by atoms with Crippen molar-refractivity contribution in [3.05, 3.63) is 0 Å². The number of rotatable bonds is 0. The van der Waals surface area contributed by atoms with E-state index in [2.05, 4.69) is 0 Å². The van der Waals surface area contributed by atoms with Crippen LogP contribution in [0.25, 0.3) is 0 Å². The molecule has 1 fully saturated rings. The Morgan fingerprint density at radius 1 is 0.545 bits per heavy atom. The Morgan fingerprint density at radius 3 is 0.727 bits per heavy atom. The molecule has 1 aliphatic heterocycles. The monoisotopic (exact) mass is 356 g/mol. The summed E-state index contributed by atoms with van der Waals surface area (Å²) >= 11 is 0. The van der Waals surface area contributed by atoms with E-state index in [0.717, 1.165) is 13.2 Å². The molecule has 0 saturated carbocycles. The molecule has 0 N–H and O–H groups in total. The molecule has 0 spiro atoms. The normalized spacial score (nSPS) is 12.0. The molecule has 0 bridgehead atoms. The Morgan fingerprint density at radius 2 is 0.682 bits per heavy atom. The van der Waals surface area contributed by atoms with Gasteiger partial charge in [0.2, 0.25) is 0 Å². The summed E-state index contributed by atoms with van der Waals surface area (Å²) in [5.74, 6) is 0. The zero-order chi connectivity index (χ0) is 17.8. The molecule has 134 valence electrons. The molecule has 1 aliphatic rings. The molecule has 6 heteroatoms. The maximum absolute atomic E-state index is 9.53. The quantitative estimate of drug-likeness (QED) is 0.560. The predicted molar refractivity (Wildman–Crippen MR) is 80.6 cm³/mol. The fourth-order valence-electron chi connectivity index (χ4n) is 0.510. The van der Waals surface area contributed by atoms with Crippen molar-refractivity contribution in [3.63, 3.8) is 0 Å². The molecule has 0 radical (unpaired) electrons. The fraction of sp³-hybridized carbons (Fsp3) is 1.00.